The Morgan fingerprint density at radius 2 is 2.29 bits per heavy atom. The lowest BCUT2D eigenvalue weighted by Gasteiger charge is -2.23. The molecule has 1 aliphatic carbocycles. The maximum absolute atomic E-state index is 9.51. The number of pyridine rings is 1. The van der Waals surface area contributed by atoms with Gasteiger partial charge in [-0.3, -0.25) is 0 Å². The largest absolute Gasteiger partial charge is 0.427 e. The van der Waals surface area contributed by atoms with E-state index in [1.54, 1.807) is 6.20 Å². The van der Waals surface area contributed by atoms with Crippen molar-refractivity contribution in [2.75, 3.05) is 0 Å². The van der Waals surface area contributed by atoms with E-state index in [0.717, 1.165) is 16.0 Å². The van der Waals surface area contributed by atoms with E-state index in [9.17, 15) is 5.21 Å². The van der Waals surface area contributed by atoms with Gasteiger partial charge in [0.25, 0.3) is 0 Å². The summed E-state index contributed by atoms with van der Waals surface area (Å²) in [4.78, 5) is 4.45. The van der Waals surface area contributed by atoms with E-state index in [0.29, 0.717) is 11.7 Å². The second-order valence-corrected chi connectivity index (χ2v) is 3.94. The average Bonchev–Trinajstić information content (AvgIpc) is 2.46. The second-order valence-electron chi connectivity index (χ2n) is 3.94. The summed E-state index contributed by atoms with van der Waals surface area (Å²) in [5.41, 5.74) is 2.16. The quantitative estimate of drug-likeness (QED) is 0.698. The number of rotatable bonds is 1. The van der Waals surface area contributed by atoms with Crippen molar-refractivity contribution >= 4 is 0 Å². The highest BCUT2D eigenvalue weighted by atomic mass is 16.5. The molecule has 3 nitrogen and oxygen atoms in total. The highest BCUT2D eigenvalue weighted by Crippen LogP contribution is 2.38. The van der Waals surface area contributed by atoms with Crippen molar-refractivity contribution in [3.8, 4) is 11.4 Å². The summed E-state index contributed by atoms with van der Waals surface area (Å²) in [6, 6.07) is 5.90. The van der Waals surface area contributed by atoms with E-state index < -0.39 is 0 Å². The molecule has 0 aromatic carbocycles. The van der Waals surface area contributed by atoms with Gasteiger partial charge < -0.3 is 5.21 Å². The smallest absolute Gasteiger partial charge is 0.175 e. The monoisotopic (exact) mass is 188 g/mol. The zero-order valence-corrected chi connectivity index (χ0v) is 7.85. The molecule has 72 valence electrons. The van der Waals surface area contributed by atoms with Crippen LogP contribution in [0.2, 0.25) is 0 Å². The summed E-state index contributed by atoms with van der Waals surface area (Å²) >= 11 is 0. The zero-order valence-electron chi connectivity index (χ0n) is 7.85. The molecule has 3 rings (SSSR count). The Bertz CT molecular complexity index is 431. The minimum atomic E-state index is 0.627. The van der Waals surface area contributed by atoms with Crippen LogP contribution < -0.4 is 0 Å². The molecule has 3 heteroatoms. The van der Waals surface area contributed by atoms with Crippen LogP contribution in [-0.4, -0.2) is 14.9 Å². The molecule has 0 atom stereocenters. The van der Waals surface area contributed by atoms with Gasteiger partial charge in [0.15, 0.2) is 5.82 Å². The Balaban J connectivity index is 2.11. The fraction of sp³-hybridized carbons (Fsp3) is 0.364. The molecule has 0 radical (unpaired) electrons. The van der Waals surface area contributed by atoms with Gasteiger partial charge in [0.1, 0.15) is 0 Å². The predicted octanol–water partition coefficient (Wildman–Crippen LogP) is 2.49. The van der Waals surface area contributed by atoms with Crippen molar-refractivity contribution < 1.29 is 5.21 Å². The van der Waals surface area contributed by atoms with E-state index in [4.69, 9.17) is 0 Å². The molecule has 0 aromatic rings. The first-order valence-electron chi connectivity index (χ1n) is 5.02. The van der Waals surface area contributed by atoms with Crippen LogP contribution in [0.1, 0.15) is 30.9 Å². The maximum Gasteiger partial charge on any atom is 0.175 e. The molecule has 1 N–H and O–H groups in total. The van der Waals surface area contributed by atoms with Crippen molar-refractivity contribution in [2.45, 2.75) is 25.2 Å². The molecular weight excluding hydrogens is 176 g/mol. The summed E-state index contributed by atoms with van der Waals surface area (Å²) in [6.07, 6.45) is 5.41. The number of aromatic nitrogens is 2. The van der Waals surface area contributed by atoms with Crippen LogP contribution in [0.25, 0.3) is 11.4 Å². The van der Waals surface area contributed by atoms with Gasteiger partial charge in [-0.15, -0.1) is 0 Å². The Morgan fingerprint density at radius 3 is 2.93 bits per heavy atom. The van der Waals surface area contributed by atoms with E-state index in [-0.39, 0.29) is 0 Å². The van der Waals surface area contributed by atoms with Crippen LogP contribution in [0.3, 0.4) is 0 Å². The molecule has 1 saturated carbocycles. The molecule has 1 fully saturated rings. The van der Waals surface area contributed by atoms with Crippen LogP contribution in [0.15, 0.2) is 24.4 Å². The first-order valence-corrected chi connectivity index (χ1v) is 5.02. The number of nitrogens with zero attached hydrogens (tertiary/aromatic N) is 2. The van der Waals surface area contributed by atoms with E-state index in [1.807, 2.05) is 12.1 Å². The Labute approximate surface area is 82.3 Å². The minimum absolute atomic E-state index is 0.627. The van der Waals surface area contributed by atoms with Crippen LogP contribution in [0.5, 0.6) is 0 Å². The molecular formula is C11H12N2O. The van der Waals surface area contributed by atoms with Crippen molar-refractivity contribution in [3.05, 3.63) is 30.1 Å². The van der Waals surface area contributed by atoms with Crippen molar-refractivity contribution in [1.29, 1.82) is 0 Å². The fourth-order valence-corrected chi connectivity index (χ4v) is 1.96. The summed E-state index contributed by atoms with van der Waals surface area (Å²) in [5.74, 6) is 1.30. The van der Waals surface area contributed by atoms with E-state index in [2.05, 4.69) is 11.1 Å². The van der Waals surface area contributed by atoms with Gasteiger partial charge in [-0.1, -0.05) is 6.42 Å². The highest BCUT2D eigenvalue weighted by Gasteiger charge is 2.24. The number of fused-ring (bicyclic) bond motifs is 1. The molecule has 2 heterocycles. The summed E-state index contributed by atoms with van der Waals surface area (Å²) < 4.78 is 1.09. The van der Waals surface area contributed by atoms with Gasteiger partial charge in [-0.05, 0) is 31.0 Å². The topological polar surface area (TPSA) is 38.0 Å². The fourth-order valence-electron chi connectivity index (χ4n) is 1.96. The molecule has 3 aliphatic rings. The summed E-state index contributed by atoms with van der Waals surface area (Å²) in [7, 11) is 0. The summed E-state index contributed by atoms with van der Waals surface area (Å²) in [5, 5.41) is 9.51. The number of hydrogen-bond acceptors (Lipinski definition) is 2. The Kier molecular flexibility index (Phi) is 1.54. The second kappa shape index (κ2) is 2.74. The molecule has 0 aromatic heterocycles. The van der Waals surface area contributed by atoms with Crippen LogP contribution in [0.4, 0.5) is 0 Å². The van der Waals surface area contributed by atoms with E-state index >= 15 is 0 Å². The third kappa shape index (κ3) is 1.02. The van der Waals surface area contributed by atoms with Gasteiger partial charge >= 0.3 is 0 Å². The first-order chi connectivity index (χ1) is 6.84. The van der Waals surface area contributed by atoms with Gasteiger partial charge in [0.2, 0.25) is 0 Å². The first kappa shape index (κ1) is 7.85. The van der Waals surface area contributed by atoms with Crippen LogP contribution in [-0.2, 0) is 0 Å². The summed E-state index contributed by atoms with van der Waals surface area (Å²) in [6.45, 7) is 0. The molecule has 14 heavy (non-hydrogen) atoms. The van der Waals surface area contributed by atoms with Gasteiger partial charge in [0, 0.05) is 23.4 Å². The molecule has 0 unspecified atom stereocenters. The SMILES string of the molecule is On1cccc2cc(C3CCC3)nc1-2. The lowest BCUT2D eigenvalue weighted by atomic mass is 9.83. The zero-order chi connectivity index (χ0) is 9.54. The minimum Gasteiger partial charge on any atom is -0.427 e. The lowest BCUT2D eigenvalue weighted by molar-refractivity contribution is 0.186. The molecule has 0 amide bonds. The normalized spacial score (nSPS) is 17.1. The predicted molar refractivity (Wildman–Crippen MR) is 52.6 cm³/mol. The van der Waals surface area contributed by atoms with Gasteiger partial charge in [-0.2, -0.15) is 4.73 Å². The lowest BCUT2D eigenvalue weighted by Crippen LogP contribution is -2.08. The molecule has 0 spiro atoms. The van der Waals surface area contributed by atoms with Crippen molar-refractivity contribution in [3.63, 3.8) is 0 Å². The Hall–Kier alpha value is -1.51. The highest BCUT2D eigenvalue weighted by molar-refractivity contribution is 5.59. The standard InChI is InChI=1S/C11H12N2O/c14-13-6-2-5-9-7-10(12-11(9)13)8-3-1-4-8/h2,5-8,14H,1,3-4H2. The number of hydrogen-bond donors (Lipinski definition) is 1. The van der Waals surface area contributed by atoms with Gasteiger partial charge in [0.05, 0.1) is 0 Å². The van der Waals surface area contributed by atoms with Crippen molar-refractivity contribution in [1.82, 2.24) is 9.71 Å². The van der Waals surface area contributed by atoms with Crippen LogP contribution in [0, 0.1) is 0 Å². The van der Waals surface area contributed by atoms with Crippen molar-refractivity contribution in [2.24, 2.45) is 0 Å². The average molecular weight is 188 g/mol. The third-order valence-electron chi connectivity index (χ3n) is 3.04. The molecule has 2 aliphatic heterocycles. The maximum atomic E-state index is 9.51. The van der Waals surface area contributed by atoms with Gasteiger partial charge in [-0.25, -0.2) is 4.98 Å². The van der Waals surface area contributed by atoms with E-state index in [1.165, 1.54) is 19.3 Å². The molecule has 0 saturated heterocycles. The van der Waals surface area contributed by atoms with Crippen LogP contribution >= 0.6 is 0 Å². The third-order valence-corrected chi connectivity index (χ3v) is 3.04. The Morgan fingerprint density at radius 1 is 1.43 bits per heavy atom. The molecule has 0 bridgehead atoms.